The van der Waals surface area contributed by atoms with Gasteiger partial charge in [0.15, 0.2) is 0 Å². The van der Waals surface area contributed by atoms with Crippen LogP contribution in [0.25, 0.3) is 21.8 Å². The van der Waals surface area contributed by atoms with Gasteiger partial charge < -0.3 is 5.73 Å². The Labute approximate surface area is 145 Å². The minimum atomic E-state index is -3.72. The van der Waals surface area contributed by atoms with Crippen molar-refractivity contribution in [2.24, 2.45) is 0 Å². The quantitative estimate of drug-likeness (QED) is 0.435. The summed E-state index contributed by atoms with van der Waals surface area (Å²) in [4.78, 5) is 4.77. The molecule has 0 aliphatic carbocycles. The molecule has 1 aromatic heterocycles. The Hall–Kier alpha value is -3.12. The normalized spacial score (nSPS) is 11.7. The fourth-order valence-corrected chi connectivity index (χ4v) is 3.80. The monoisotopic (exact) mass is 349 g/mol. The number of aromatic nitrogens is 1. The van der Waals surface area contributed by atoms with Crippen LogP contribution < -0.4 is 10.5 Å². The molecule has 0 fully saturated rings. The van der Waals surface area contributed by atoms with E-state index < -0.39 is 10.0 Å². The maximum Gasteiger partial charge on any atom is 0.261 e. The number of benzene rings is 3. The van der Waals surface area contributed by atoms with E-state index in [0.717, 1.165) is 16.3 Å². The summed E-state index contributed by atoms with van der Waals surface area (Å²) in [5.74, 6) is 0. The molecule has 0 aliphatic heterocycles. The summed E-state index contributed by atoms with van der Waals surface area (Å²) in [5.41, 5.74) is 8.01. The van der Waals surface area contributed by atoms with Gasteiger partial charge in [0.1, 0.15) is 0 Å². The number of fused-ring (bicyclic) bond motifs is 2. The largest absolute Gasteiger partial charge is 0.399 e. The van der Waals surface area contributed by atoms with Crippen molar-refractivity contribution in [1.82, 2.24) is 4.98 Å². The number of hydrogen-bond donors (Lipinski definition) is 2. The number of sulfonamides is 1. The number of pyridine rings is 1. The van der Waals surface area contributed by atoms with Crippen molar-refractivity contribution in [1.29, 1.82) is 0 Å². The zero-order valence-corrected chi connectivity index (χ0v) is 14.0. The maximum absolute atomic E-state index is 12.6. The van der Waals surface area contributed by atoms with Crippen molar-refractivity contribution in [3.8, 4) is 0 Å². The number of nitrogen functional groups attached to an aromatic ring is 1. The van der Waals surface area contributed by atoms with Gasteiger partial charge >= 0.3 is 0 Å². The maximum atomic E-state index is 12.6. The van der Waals surface area contributed by atoms with Gasteiger partial charge in [-0.1, -0.05) is 30.3 Å². The molecule has 0 bridgehead atoms. The third-order valence-corrected chi connectivity index (χ3v) is 5.36. The van der Waals surface area contributed by atoms with E-state index in [1.54, 1.807) is 24.3 Å². The van der Waals surface area contributed by atoms with E-state index in [9.17, 15) is 8.42 Å². The van der Waals surface area contributed by atoms with Crippen LogP contribution in [0.2, 0.25) is 0 Å². The van der Waals surface area contributed by atoms with Crippen LogP contribution in [-0.2, 0) is 10.0 Å². The van der Waals surface area contributed by atoms with Crippen molar-refractivity contribution in [3.05, 3.63) is 72.8 Å². The van der Waals surface area contributed by atoms with Crippen LogP contribution in [0, 0.1) is 0 Å². The van der Waals surface area contributed by atoms with E-state index in [4.69, 9.17) is 5.73 Å². The summed E-state index contributed by atoms with van der Waals surface area (Å²) < 4.78 is 27.9. The van der Waals surface area contributed by atoms with Crippen molar-refractivity contribution < 1.29 is 8.42 Å². The SMILES string of the molecule is Nc1ccc(S(=O)(=O)Nc2cccc3cc4ccccc4nc23)cc1. The molecule has 4 rings (SSSR count). The van der Waals surface area contributed by atoms with Gasteiger partial charge in [-0.05, 0) is 42.5 Å². The van der Waals surface area contributed by atoms with Gasteiger partial charge in [0.25, 0.3) is 10.0 Å². The molecule has 0 aliphatic rings. The number of para-hydroxylation sites is 2. The molecule has 124 valence electrons. The van der Waals surface area contributed by atoms with Crippen LogP contribution in [0.3, 0.4) is 0 Å². The zero-order valence-electron chi connectivity index (χ0n) is 13.2. The summed E-state index contributed by atoms with van der Waals surface area (Å²) in [6.07, 6.45) is 0. The molecule has 0 atom stereocenters. The van der Waals surface area contributed by atoms with Gasteiger partial charge in [-0.25, -0.2) is 13.4 Å². The fraction of sp³-hybridized carbons (Fsp3) is 0. The molecule has 0 radical (unpaired) electrons. The Bertz CT molecular complexity index is 1190. The molecule has 0 saturated heterocycles. The first-order chi connectivity index (χ1) is 12.0. The number of anilines is 2. The van der Waals surface area contributed by atoms with Gasteiger partial charge in [-0.3, -0.25) is 4.72 Å². The van der Waals surface area contributed by atoms with Gasteiger partial charge in [0.2, 0.25) is 0 Å². The van der Waals surface area contributed by atoms with E-state index >= 15 is 0 Å². The van der Waals surface area contributed by atoms with Crippen molar-refractivity contribution >= 4 is 43.2 Å². The molecule has 1 heterocycles. The first-order valence-electron chi connectivity index (χ1n) is 7.70. The molecule has 0 amide bonds. The summed E-state index contributed by atoms with van der Waals surface area (Å²) in [5, 5.41) is 1.88. The van der Waals surface area contributed by atoms with Gasteiger partial charge in [0.05, 0.1) is 21.6 Å². The Morgan fingerprint density at radius 1 is 0.840 bits per heavy atom. The van der Waals surface area contributed by atoms with E-state index in [0.29, 0.717) is 16.9 Å². The molecule has 25 heavy (non-hydrogen) atoms. The van der Waals surface area contributed by atoms with E-state index in [1.807, 2.05) is 36.4 Å². The van der Waals surface area contributed by atoms with Crippen LogP contribution in [-0.4, -0.2) is 13.4 Å². The predicted octanol–water partition coefficient (Wildman–Crippen LogP) is 3.77. The lowest BCUT2D eigenvalue weighted by Crippen LogP contribution is -2.13. The lowest BCUT2D eigenvalue weighted by molar-refractivity contribution is 0.601. The van der Waals surface area contributed by atoms with Crippen molar-refractivity contribution in [3.63, 3.8) is 0 Å². The predicted molar refractivity (Wildman–Crippen MR) is 101 cm³/mol. The summed E-state index contributed by atoms with van der Waals surface area (Å²) in [6.45, 7) is 0. The smallest absolute Gasteiger partial charge is 0.261 e. The molecule has 5 nitrogen and oxygen atoms in total. The second-order valence-electron chi connectivity index (χ2n) is 5.73. The van der Waals surface area contributed by atoms with Crippen LogP contribution in [0.4, 0.5) is 11.4 Å². The van der Waals surface area contributed by atoms with E-state index in [1.165, 1.54) is 12.1 Å². The summed E-state index contributed by atoms with van der Waals surface area (Å²) in [6, 6.07) is 21.2. The molecule has 6 heteroatoms. The Balaban J connectivity index is 1.83. The second-order valence-corrected chi connectivity index (χ2v) is 7.42. The van der Waals surface area contributed by atoms with Crippen LogP contribution in [0.1, 0.15) is 0 Å². The molecule has 3 aromatic carbocycles. The molecular weight excluding hydrogens is 334 g/mol. The Kier molecular flexibility index (Phi) is 3.54. The molecular formula is C19H15N3O2S. The van der Waals surface area contributed by atoms with Gasteiger partial charge in [-0.15, -0.1) is 0 Å². The number of rotatable bonds is 3. The number of nitrogens with two attached hydrogens (primary N) is 1. The first-order valence-corrected chi connectivity index (χ1v) is 9.18. The first kappa shape index (κ1) is 15.4. The fourth-order valence-electron chi connectivity index (χ4n) is 2.74. The number of nitrogens with one attached hydrogen (secondary N) is 1. The third-order valence-electron chi connectivity index (χ3n) is 3.98. The highest BCUT2D eigenvalue weighted by Gasteiger charge is 2.16. The van der Waals surface area contributed by atoms with Crippen molar-refractivity contribution in [2.75, 3.05) is 10.5 Å². The van der Waals surface area contributed by atoms with Crippen LogP contribution in [0.15, 0.2) is 77.7 Å². The van der Waals surface area contributed by atoms with E-state index in [2.05, 4.69) is 9.71 Å². The molecule has 0 unspecified atom stereocenters. The lowest BCUT2D eigenvalue weighted by Gasteiger charge is -2.11. The average Bonchev–Trinajstić information content (AvgIpc) is 2.60. The van der Waals surface area contributed by atoms with E-state index in [-0.39, 0.29) is 4.90 Å². The average molecular weight is 349 g/mol. The zero-order chi connectivity index (χ0) is 17.4. The highest BCUT2D eigenvalue weighted by atomic mass is 32.2. The Morgan fingerprint density at radius 3 is 2.36 bits per heavy atom. The molecule has 0 spiro atoms. The number of hydrogen-bond acceptors (Lipinski definition) is 4. The third kappa shape index (κ3) is 2.88. The van der Waals surface area contributed by atoms with Crippen LogP contribution in [0.5, 0.6) is 0 Å². The van der Waals surface area contributed by atoms with Gasteiger partial charge in [-0.2, -0.15) is 0 Å². The highest BCUT2D eigenvalue weighted by molar-refractivity contribution is 7.92. The Morgan fingerprint density at radius 2 is 1.56 bits per heavy atom. The minimum absolute atomic E-state index is 0.152. The number of nitrogens with zero attached hydrogens (tertiary/aromatic N) is 1. The molecule has 3 N–H and O–H groups in total. The van der Waals surface area contributed by atoms with Gasteiger partial charge in [0, 0.05) is 16.5 Å². The topological polar surface area (TPSA) is 85.1 Å². The molecule has 0 saturated carbocycles. The molecule has 4 aromatic rings. The van der Waals surface area contributed by atoms with Crippen LogP contribution >= 0.6 is 0 Å². The summed E-state index contributed by atoms with van der Waals surface area (Å²) >= 11 is 0. The second kappa shape index (κ2) is 5.75. The van der Waals surface area contributed by atoms with Crippen molar-refractivity contribution in [2.45, 2.75) is 4.90 Å². The minimum Gasteiger partial charge on any atom is -0.399 e. The summed E-state index contributed by atoms with van der Waals surface area (Å²) in [7, 11) is -3.72. The lowest BCUT2D eigenvalue weighted by atomic mass is 10.1. The highest BCUT2D eigenvalue weighted by Crippen LogP contribution is 2.27. The standard InChI is InChI=1S/C19H15N3O2S/c20-15-8-10-16(11-9-15)25(23,24)22-18-7-3-5-14-12-13-4-1-2-6-17(13)21-19(14)18/h1-12,22H,20H2.